The number of benzene rings is 4. The van der Waals surface area contributed by atoms with E-state index in [0.29, 0.717) is 0 Å². The van der Waals surface area contributed by atoms with Gasteiger partial charge in [-0.25, -0.2) is 0 Å². The minimum Gasteiger partial charge on any atom is -1.00 e. The van der Waals surface area contributed by atoms with Gasteiger partial charge in [-0.3, -0.25) is 0 Å². The molecule has 0 spiro atoms. The molecule has 1 aromatic heterocycles. The molecule has 2 aliphatic heterocycles. The molecule has 0 aliphatic carbocycles. The van der Waals surface area contributed by atoms with Crippen molar-refractivity contribution in [2.75, 3.05) is 21.0 Å². The molecule has 0 fully saturated rings. The first-order chi connectivity index (χ1) is 17.6. The third kappa shape index (κ3) is 3.53. The molecule has 0 amide bonds. The van der Waals surface area contributed by atoms with Crippen molar-refractivity contribution in [3.63, 3.8) is 0 Å². The van der Waals surface area contributed by atoms with Crippen LogP contribution in [-0.4, -0.2) is 21.0 Å². The van der Waals surface area contributed by atoms with Crippen LogP contribution in [0.25, 0.3) is 32.4 Å². The monoisotopic (exact) mass is 557 g/mol. The summed E-state index contributed by atoms with van der Waals surface area (Å²) in [5.74, 6) is 3.25. The number of methoxy groups -OCH3 is 2. The van der Waals surface area contributed by atoms with Crippen molar-refractivity contribution >= 4 is 32.4 Å². The summed E-state index contributed by atoms with van der Waals surface area (Å²) in [5.41, 5.74) is 7.68. The zero-order valence-electron chi connectivity index (χ0n) is 21.4. The first-order valence-corrected chi connectivity index (χ1v) is 12.4. The third-order valence-corrected chi connectivity index (χ3v) is 7.62. The molecule has 0 N–H and O–H groups in total. The lowest BCUT2D eigenvalue weighted by Crippen LogP contribution is -3.00. The van der Waals surface area contributed by atoms with E-state index in [4.69, 9.17) is 18.9 Å². The number of hydrogen-bond acceptors (Lipinski definition) is 4. The highest BCUT2D eigenvalue weighted by Gasteiger charge is 2.31. The first kappa shape index (κ1) is 23.9. The number of pyridine rings is 1. The van der Waals surface area contributed by atoms with Crippen LogP contribution < -0.4 is 40.5 Å². The van der Waals surface area contributed by atoms with Gasteiger partial charge in [-0.05, 0) is 61.2 Å². The highest BCUT2D eigenvalue weighted by Crippen LogP contribution is 2.48. The summed E-state index contributed by atoms with van der Waals surface area (Å²) in [6, 6.07) is 15.5. The van der Waals surface area contributed by atoms with E-state index in [0.717, 1.165) is 53.2 Å². The van der Waals surface area contributed by atoms with Gasteiger partial charge >= 0.3 is 0 Å². The summed E-state index contributed by atoms with van der Waals surface area (Å²) < 4.78 is 25.8. The van der Waals surface area contributed by atoms with Gasteiger partial charge in [0.15, 0.2) is 35.7 Å². The molecule has 5 nitrogen and oxygen atoms in total. The molecule has 3 heterocycles. The van der Waals surface area contributed by atoms with Crippen LogP contribution in [-0.2, 0) is 19.4 Å². The molecule has 188 valence electrons. The molecule has 0 atom stereocenters. The number of fused-ring (bicyclic) bond motifs is 4. The van der Waals surface area contributed by atoms with Crippen molar-refractivity contribution in [2.45, 2.75) is 33.2 Å². The van der Waals surface area contributed by atoms with Gasteiger partial charge < -0.3 is 35.9 Å². The van der Waals surface area contributed by atoms with E-state index in [9.17, 15) is 0 Å². The molecule has 7 rings (SSSR count). The summed E-state index contributed by atoms with van der Waals surface area (Å²) in [6.07, 6.45) is 3.97. The lowest BCUT2D eigenvalue weighted by molar-refractivity contribution is -0.670. The maximum Gasteiger partial charge on any atom is 0.231 e. The van der Waals surface area contributed by atoms with Crippen molar-refractivity contribution < 1.29 is 40.5 Å². The fourth-order valence-electron chi connectivity index (χ4n) is 6.30. The van der Waals surface area contributed by atoms with Crippen LogP contribution in [0.1, 0.15) is 27.8 Å². The van der Waals surface area contributed by atoms with Crippen molar-refractivity contribution in [1.29, 1.82) is 0 Å². The molecule has 2 aliphatic rings. The molecule has 0 saturated heterocycles. The van der Waals surface area contributed by atoms with Crippen LogP contribution in [0.2, 0.25) is 0 Å². The van der Waals surface area contributed by atoms with E-state index >= 15 is 0 Å². The van der Waals surface area contributed by atoms with E-state index in [-0.39, 0.29) is 23.8 Å². The third-order valence-electron chi connectivity index (χ3n) is 7.62. The fourth-order valence-corrected chi connectivity index (χ4v) is 6.30. The van der Waals surface area contributed by atoms with Crippen molar-refractivity contribution in [2.24, 2.45) is 0 Å². The van der Waals surface area contributed by atoms with Gasteiger partial charge in [0.25, 0.3) is 0 Å². The molecule has 37 heavy (non-hydrogen) atoms. The van der Waals surface area contributed by atoms with E-state index in [1.165, 1.54) is 49.5 Å². The van der Waals surface area contributed by atoms with Gasteiger partial charge in [-0.2, -0.15) is 4.57 Å². The fraction of sp³-hybridized carbons (Fsp3) is 0.258. The van der Waals surface area contributed by atoms with Crippen molar-refractivity contribution in [3.8, 4) is 23.0 Å². The average Bonchev–Trinajstić information content (AvgIpc) is 3.33. The molecule has 6 heteroatoms. The summed E-state index contributed by atoms with van der Waals surface area (Å²) in [7, 11) is 3.40. The van der Waals surface area contributed by atoms with Crippen molar-refractivity contribution in [3.05, 3.63) is 76.5 Å². The summed E-state index contributed by atoms with van der Waals surface area (Å²) in [4.78, 5) is 0. The van der Waals surface area contributed by atoms with E-state index in [2.05, 4.69) is 61.0 Å². The van der Waals surface area contributed by atoms with Gasteiger partial charge in [0.05, 0.1) is 30.4 Å². The zero-order valence-corrected chi connectivity index (χ0v) is 23.0. The molecule has 0 saturated carbocycles. The average molecular weight is 558 g/mol. The lowest BCUT2D eigenvalue weighted by atomic mass is 9.87. The quantitative estimate of drug-likeness (QED) is 0.252. The number of ether oxygens (including phenoxy) is 4. The molecular formula is C31H28BrNO4. The molecule has 0 bridgehead atoms. The van der Waals surface area contributed by atoms with E-state index in [1.54, 1.807) is 14.2 Å². The number of hydrogen-bond donors (Lipinski definition) is 0. The van der Waals surface area contributed by atoms with Crippen LogP contribution in [0.5, 0.6) is 23.0 Å². The second-order valence-corrected chi connectivity index (χ2v) is 9.96. The number of aryl methyl sites for hydroxylation is 4. The highest BCUT2D eigenvalue weighted by molar-refractivity contribution is 6.18. The van der Waals surface area contributed by atoms with Crippen LogP contribution in [0.4, 0.5) is 0 Å². The van der Waals surface area contributed by atoms with Gasteiger partial charge in [0, 0.05) is 17.2 Å². The minimum atomic E-state index is 0. The molecule has 0 radical (unpaired) electrons. The van der Waals surface area contributed by atoms with Gasteiger partial charge in [-0.1, -0.05) is 29.3 Å². The predicted molar refractivity (Wildman–Crippen MR) is 141 cm³/mol. The van der Waals surface area contributed by atoms with Crippen LogP contribution in [0.3, 0.4) is 0 Å². The second-order valence-electron chi connectivity index (χ2n) is 9.96. The maximum absolute atomic E-state index is 6.09. The molecule has 4 aromatic carbocycles. The van der Waals surface area contributed by atoms with E-state index < -0.39 is 0 Å². The first-order valence-electron chi connectivity index (χ1n) is 12.4. The number of aromatic nitrogens is 1. The Hall–Kier alpha value is -3.51. The van der Waals surface area contributed by atoms with E-state index in [1.807, 2.05) is 6.07 Å². The Morgan fingerprint density at radius 2 is 1.68 bits per heavy atom. The Kier molecular flexibility index (Phi) is 5.68. The number of halogens is 1. The van der Waals surface area contributed by atoms with Crippen LogP contribution in [0.15, 0.2) is 48.7 Å². The molecule has 0 unspecified atom stereocenters. The standard InChI is InChI=1S/C31H28NO4.BrH/c1-17-9-18(2)11-19(10-17)12-21-13-23-22-5-6-25(33-3)30(34-4)24(22)15-32-8-7-20-14-26-31(36-16-35-26)28(21)27(20)29(23)32;/h5-6,9-11,13-15H,7-8,12,16H2,1-4H3;1H/q+1;/p-1. The van der Waals surface area contributed by atoms with Gasteiger partial charge in [0.1, 0.15) is 0 Å². The largest absolute Gasteiger partial charge is 1.00 e. The zero-order chi connectivity index (χ0) is 24.6. The topological polar surface area (TPSA) is 40.8 Å². The predicted octanol–water partition coefficient (Wildman–Crippen LogP) is 2.95. The Balaban J connectivity index is 0.00000252. The number of rotatable bonds is 4. The Bertz CT molecular complexity index is 1720. The Labute approximate surface area is 226 Å². The normalized spacial score (nSPS) is 13.4. The van der Waals surface area contributed by atoms with Gasteiger partial charge in [0.2, 0.25) is 12.3 Å². The maximum atomic E-state index is 6.09. The summed E-state index contributed by atoms with van der Waals surface area (Å²) in [5, 5.41) is 5.90. The second kappa shape index (κ2) is 8.80. The summed E-state index contributed by atoms with van der Waals surface area (Å²) in [6.45, 7) is 5.49. The van der Waals surface area contributed by atoms with Crippen LogP contribution >= 0.6 is 0 Å². The lowest BCUT2D eigenvalue weighted by Gasteiger charge is -2.20. The SMILES string of the molecule is COc1ccc2c(c[n+]3c4c2cc(Cc2cc(C)cc(C)c2)c2c5c(cc(c24)CC3)OCO5)c1OC.[Br-]. The highest BCUT2D eigenvalue weighted by atomic mass is 79.9. The van der Waals surface area contributed by atoms with Crippen molar-refractivity contribution in [1.82, 2.24) is 0 Å². The Morgan fingerprint density at radius 1 is 0.865 bits per heavy atom. The smallest absolute Gasteiger partial charge is 0.231 e. The van der Waals surface area contributed by atoms with Crippen LogP contribution in [0, 0.1) is 13.8 Å². The molecular weight excluding hydrogens is 530 g/mol. The molecule has 5 aromatic rings. The minimum absolute atomic E-state index is 0. The van der Waals surface area contributed by atoms with Gasteiger partial charge in [-0.15, -0.1) is 0 Å². The number of nitrogens with zero attached hydrogens (tertiary/aromatic N) is 1. The summed E-state index contributed by atoms with van der Waals surface area (Å²) >= 11 is 0. The Morgan fingerprint density at radius 3 is 2.43 bits per heavy atom.